The molecule has 0 radical (unpaired) electrons. The molecule has 2 aromatic carbocycles. The second-order valence-electron chi connectivity index (χ2n) is 6.09. The second-order valence-corrected chi connectivity index (χ2v) is 6.09. The first kappa shape index (κ1) is 17.9. The van der Waals surface area contributed by atoms with Gasteiger partial charge in [-0.2, -0.15) is 0 Å². The van der Waals surface area contributed by atoms with Crippen molar-refractivity contribution in [1.29, 1.82) is 0 Å². The Morgan fingerprint density at radius 2 is 1.77 bits per heavy atom. The molecule has 1 amide bonds. The first-order valence-electron chi connectivity index (χ1n) is 8.14. The van der Waals surface area contributed by atoms with Crippen molar-refractivity contribution in [2.75, 3.05) is 26.2 Å². The average Bonchev–Trinajstić information content (AvgIpc) is 2.65. The zero-order valence-corrected chi connectivity index (χ0v) is 13.9. The molecule has 2 aromatic rings. The van der Waals surface area contributed by atoms with Crippen LogP contribution in [0.3, 0.4) is 0 Å². The number of carbonyl (C=O) groups is 1. The zero-order chi connectivity index (χ0) is 18.7. The molecular weight excluding hydrogens is 344 g/mol. The molecule has 1 fully saturated rings. The summed E-state index contributed by atoms with van der Waals surface area (Å²) in [5.74, 6) is -1.99. The molecule has 26 heavy (non-hydrogen) atoms. The van der Waals surface area contributed by atoms with E-state index < -0.39 is 16.6 Å². The third kappa shape index (κ3) is 3.85. The fourth-order valence-electron chi connectivity index (χ4n) is 2.96. The van der Waals surface area contributed by atoms with Crippen molar-refractivity contribution in [3.05, 3.63) is 75.3 Å². The molecule has 3 rings (SSSR count). The largest absolute Gasteiger partial charge is 0.336 e. The number of carbonyl (C=O) groups excluding carboxylic acids is 1. The summed E-state index contributed by atoms with van der Waals surface area (Å²) in [7, 11) is 0. The van der Waals surface area contributed by atoms with Crippen molar-refractivity contribution in [2.45, 2.75) is 6.54 Å². The maximum absolute atomic E-state index is 13.8. The first-order chi connectivity index (χ1) is 12.5. The molecule has 0 aromatic heterocycles. The van der Waals surface area contributed by atoms with Gasteiger partial charge in [-0.1, -0.05) is 18.2 Å². The van der Waals surface area contributed by atoms with E-state index in [-0.39, 0.29) is 29.3 Å². The molecule has 0 spiro atoms. The van der Waals surface area contributed by atoms with Crippen molar-refractivity contribution in [3.8, 4) is 0 Å². The van der Waals surface area contributed by atoms with E-state index in [1.807, 2.05) is 4.90 Å². The third-order valence-electron chi connectivity index (χ3n) is 4.39. The van der Waals surface area contributed by atoms with Crippen LogP contribution in [-0.4, -0.2) is 46.8 Å². The number of piperazine rings is 1. The van der Waals surface area contributed by atoms with E-state index in [1.54, 1.807) is 17.0 Å². The summed E-state index contributed by atoms with van der Waals surface area (Å²) in [5, 5.41) is 10.8. The van der Waals surface area contributed by atoms with Gasteiger partial charge in [-0.05, 0) is 12.1 Å². The molecule has 0 aliphatic carbocycles. The Kier molecular flexibility index (Phi) is 5.22. The quantitative estimate of drug-likeness (QED) is 0.620. The van der Waals surface area contributed by atoms with Crippen LogP contribution in [0.25, 0.3) is 0 Å². The molecule has 1 aliphatic heterocycles. The van der Waals surface area contributed by atoms with Gasteiger partial charge in [0.1, 0.15) is 0 Å². The van der Waals surface area contributed by atoms with Gasteiger partial charge in [0.25, 0.3) is 11.6 Å². The fourth-order valence-corrected chi connectivity index (χ4v) is 2.96. The van der Waals surface area contributed by atoms with Gasteiger partial charge in [0.2, 0.25) is 0 Å². The Bertz CT molecular complexity index is 836. The van der Waals surface area contributed by atoms with E-state index in [2.05, 4.69) is 0 Å². The summed E-state index contributed by atoms with van der Waals surface area (Å²) in [6.07, 6.45) is 0. The summed E-state index contributed by atoms with van der Waals surface area (Å²) in [6, 6.07) is 9.71. The lowest BCUT2D eigenvalue weighted by atomic mass is 10.1. The topological polar surface area (TPSA) is 66.7 Å². The summed E-state index contributed by atoms with van der Waals surface area (Å²) in [5.41, 5.74) is 0.420. The lowest BCUT2D eigenvalue weighted by molar-refractivity contribution is -0.384. The smallest absolute Gasteiger partial charge is 0.270 e. The number of nitro groups is 1. The van der Waals surface area contributed by atoms with Crippen LogP contribution in [0.4, 0.5) is 14.5 Å². The lowest BCUT2D eigenvalue weighted by Gasteiger charge is -2.34. The number of hydrogen-bond donors (Lipinski definition) is 0. The molecule has 136 valence electrons. The van der Waals surface area contributed by atoms with Crippen LogP contribution in [0, 0.1) is 21.7 Å². The zero-order valence-electron chi connectivity index (χ0n) is 13.9. The number of non-ortho nitro benzene ring substituents is 1. The highest BCUT2D eigenvalue weighted by Crippen LogP contribution is 2.18. The predicted molar refractivity (Wildman–Crippen MR) is 90.6 cm³/mol. The van der Waals surface area contributed by atoms with Gasteiger partial charge in [0.05, 0.1) is 4.92 Å². The fraction of sp³-hybridized carbons (Fsp3) is 0.278. The lowest BCUT2D eigenvalue weighted by Crippen LogP contribution is -2.48. The van der Waals surface area contributed by atoms with Crippen molar-refractivity contribution in [1.82, 2.24) is 9.80 Å². The van der Waals surface area contributed by atoms with Crippen molar-refractivity contribution in [2.24, 2.45) is 0 Å². The van der Waals surface area contributed by atoms with Gasteiger partial charge >= 0.3 is 0 Å². The van der Waals surface area contributed by atoms with Gasteiger partial charge < -0.3 is 4.90 Å². The van der Waals surface area contributed by atoms with Gasteiger partial charge in [-0.25, -0.2) is 8.78 Å². The highest BCUT2D eigenvalue weighted by Gasteiger charge is 2.24. The molecular formula is C18H17F2N3O3. The van der Waals surface area contributed by atoms with Crippen LogP contribution < -0.4 is 0 Å². The second kappa shape index (κ2) is 7.57. The number of hydrogen-bond acceptors (Lipinski definition) is 4. The molecule has 0 atom stereocenters. The Morgan fingerprint density at radius 3 is 2.46 bits per heavy atom. The van der Waals surface area contributed by atoms with Crippen molar-refractivity contribution < 1.29 is 18.5 Å². The van der Waals surface area contributed by atoms with E-state index in [4.69, 9.17) is 0 Å². The summed E-state index contributed by atoms with van der Waals surface area (Å²) < 4.78 is 27.0. The Hall–Kier alpha value is -2.87. The minimum Gasteiger partial charge on any atom is -0.336 e. The molecule has 1 aliphatic rings. The predicted octanol–water partition coefficient (Wildman–Crippen LogP) is 2.83. The number of nitrogens with zero attached hydrogens (tertiary/aromatic N) is 3. The SMILES string of the molecule is O=C(c1cccc([N+](=O)[O-])c1)N1CCN(Cc2cccc(F)c2F)CC1. The maximum atomic E-state index is 13.8. The minimum atomic E-state index is -0.873. The van der Waals surface area contributed by atoms with Crippen LogP contribution in [0.5, 0.6) is 0 Å². The van der Waals surface area contributed by atoms with Gasteiger partial charge in [0.15, 0.2) is 11.6 Å². The Balaban J connectivity index is 1.61. The van der Waals surface area contributed by atoms with E-state index >= 15 is 0 Å². The molecule has 0 bridgehead atoms. The van der Waals surface area contributed by atoms with E-state index in [9.17, 15) is 23.7 Å². The number of rotatable bonds is 4. The highest BCUT2D eigenvalue weighted by molar-refractivity contribution is 5.94. The monoisotopic (exact) mass is 361 g/mol. The number of halogens is 2. The third-order valence-corrected chi connectivity index (χ3v) is 4.39. The maximum Gasteiger partial charge on any atom is 0.270 e. The summed E-state index contributed by atoms with van der Waals surface area (Å²) in [4.78, 5) is 26.4. The molecule has 0 saturated carbocycles. The average molecular weight is 361 g/mol. The van der Waals surface area contributed by atoms with Crippen LogP contribution in [-0.2, 0) is 6.54 Å². The molecule has 6 nitrogen and oxygen atoms in total. The van der Waals surface area contributed by atoms with Crippen LogP contribution >= 0.6 is 0 Å². The highest BCUT2D eigenvalue weighted by atomic mass is 19.2. The van der Waals surface area contributed by atoms with Crippen LogP contribution in [0.2, 0.25) is 0 Å². The van der Waals surface area contributed by atoms with Gasteiger partial charge in [-0.3, -0.25) is 19.8 Å². The summed E-state index contributed by atoms with van der Waals surface area (Å²) in [6.45, 7) is 2.12. The molecule has 0 N–H and O–H groups in total. The number of nitro benzene ring substituents is 1. The van der Waals surface area contributed by atoms with Crippen molar-refractivity contribution in [3.63, 3.8) is 0 Å². The van der Waals surface area contributed by atoms with Crippen LogP contribution in [0.15, 0.2) is 42.5 Å². The first-order valence-corrected chi connectivity index (χ1v) is 8.14. The van der Waals surface area contributed by atoms with Crippen LogP contribution in [0.1, 0.15) is 15.9 Å². The molecule has 8 heteroatoms. The molecule has 0 unspecified atom stereocenters. The normalized spacial score (nSPS) is 15.1. The molecule has 1 saturated heterocycles. The Labute approximate surface area is 148 Å². The number of benzene rings is 2. The standard InChI is InChI=1S/C18H17F2N3O3/c19-16-6-2-4-14(17(16)20)12-21-7-9-22(10-8-21)18(24)13-3-1-5-15(11-13)23(25)26/h1-6,11H,7-10,12H2. The van der Waals surface area contributed by atoms with Gasteiger partial charge in [-0.15, -0.1) is 0 Å². The van der Waals surface area contributed by atoms with Crippen molar-refractivity contribution >= 4 is 11.6 Å². The Morgan fingerprint density at radius 1 is 1.08 bits per heavy atom. The van der Waals surface area contributed by atoms with E-state index in [1.165, 1.54) is 24.3 Å². The number of amides is 1. The van der Waals surface area contributed by atoms with Gasteiger partial charge in [0, 0.05) is 56.0 Å². The van der Waals surface area contributed by atoms with E-state index in [0.717, 1.165) is 6.07 Å². The van der Waals surface area contributed by atoms with E-state index in [0.29, 0.717) is 26.2 Å². The minimum absolute atomic E-state index is 0.129. The molecule has 1 heterocycles. The summed E-state index contributed by atoms with van der Waals surface area (Å²) >= 11 is 0.